The first kappa shape index (κ1) is 12.8. The van der Waals surface area contributed by atoms with Gasteiger partial charge in [0.15, 0.2) is 0 Å². The molecular weight excluding hydrogens is 263 g/mol. The minimum Gasteiger partial charge on any atom is -0.420 e. The Hall–Kier alpha value is -1.66. The molecule has 0 radical (unpaired) electrons. The van der Waals surface area contributed by atoms with Crippen molar-refractivity contribution in [3.63, 3.8) is 0 Å². The summed E-state index contributed by atoms with van der Waals surface area (Å²) < 4.78 is 19.9. The highest BCUT2D eigenvalue weighted by atomic mass is 31.2. The van der Waals surface area contributed by atoms with E-state index in [1.165, 1.54) is 12.1 Å². The summed E-state index contributed by atoms with van der Waals surface area (Å²) in [5.74, 6) is -0.676. The normalized spacial score (nSPS) is 11.7. The van der Waals surface area contributed by atoms with Crippen molar-refractivity contribution in [2.75, 3.05) is 0 Å². The van der Waals surface area contributed by atoms with Gasteiger partial charge in [0.25, 0.3) is 0 Å². The third kappa shape index (κ3) is 2.44. The lowest BCUT2D eigenvalue weighted by atomic mass is 10.1. The molecule has 7 nitrogen and oxygen atoms in total. The maximum Gasteiger partial charge on any atom is 0.525 e. The van der Waals surface area contributed by atoms with E-state index in [-0.39, 0.29) is 11.1 Å². The molecule has 0 bridgehead atoms. The summed E-state index contributed by atoms with van der Waals surface area (Å²) in [6, 6.07) is 6.28. The molecule has 0 amide bonds. The largest absolute Gasteiger partial charge is 0.525 e. The fraction of sp³-hybridized carbons (Fsp3) is 0.100. The third-order valence-electron chi connectivity index (χ3n) is 2.24. The molecule has 18 heavy (non-hydrogen) atoms. The first-order valence-electron chi connectivity index (χ1n) is 4.83. The molecule has 2 rings (SSSR count). The lowest BCUT2D eigenvalue weighted by molar-refractivity contribution is 0.260. The fourth-order valence-electron chi connectivity index (χ4n) is 1.56. The molecule has 0 unspecified atom stereocenters. The molecule has 0 aliphatic heterocycles. The van der Waals surface area contributed by atoms with E-state index in [0.717, 1.165) is 0 Å². The zero-order valence-corrected chi connectivity index (χ0v) is 9.83. The van der Waals surface area contributed by atoms with Gasteiger partial charge < -0.3 is 14.0 Å². The number of aliphatic hydroxyl groups excluding tert-OH is 1. The van der Waals surface area contributed by atoms with E-state index in [0.29, 0.717) is 5.39 Å². The predicted molar refractivity (Wildman–Crippen MR) is 61.1 cm³/mol. The number of hydrogen-bond donors (Lipinski definition) is 3. The van der Waals surface area contributed by atoms with Crippen molar-refractivity contribution in [2.24, 2.45) is 0 Å². The second-order valence-corrected chi connectivity index (χ2v) is 4.60. The van der Waals surface area contributed by atoms with Crippen LogP contribution in [0.2, 0.25) is 0 Å². The summed E-state index contributed by atoms with van der Waals surface area (Å²) in [6.07, 6.45) is 0. The van der Waals surface area contributed by atoms with Gasteiger partial charge in [-0.1, -0.05) is 18.2 Å². The van der Waals surface area contributed by atoms with Gasteiger partial charge in [-0.05, 0) is 6.07 Å². The Morgan fingerprint density at radius 2 is 1.94 bits per heavy atom. The monoisotopic (exact) mass is 272 g/mol. The molecule has 3 N–H and O–H groups in total. The first-order valence-corrected chi connectivity index (χ1v) is 6.36. The highest BCUT2D eigenvalue weighted by molar-refractivity contribution is 7.46. The average molecular weight is 272 g/mol. The van der Waals surface area contributed by atoms with E-state index >= 15 is 0 Å². The van der Waals surface area contributed by atoms with Crippen LogP contribution in [-0.4, -0.2) is 14.9 Å². The number of aliphatic hydroxyl groups is 1. The lowest BCUT2D eigenvalue weighted by Gasteiger charge is -2.10. The maximum absolute atomic E-state index is 11.5. The van der Waals surface area contributed by atoms with Crippen LogP contribution < -0.4 is 10.1 Å². The molecule has 96 valence electrons. The van der Waals surface area contributed by atoms with Gasteiger partial charge in [-0.15, -0.1) is 0 Å². The van der Waals surface area contributed by atoms with Crippen LogP contribution in [0.5, 0.6) is 5.75 Å². The van der Waals surface area contributed by atoms with Crippen LogP contribution in [0.3, 0.4) is 0 Å². The molecule has 0 atom stereocenters. The van der Waals surface area contributed by atoms with E-state index in [1.807, 2.05) is 0 Å². The van der Waals surface area contributed by atoms with Gasteiger partial charge in [-0.25, -0.2) is 9.36 Å². The summed E-state index contributed by atoms with van der Waals surface area (Å²) in [4.78, 5) is 29.0. The Morgan fingerprint density at radius 1 is 1.28 bits per heavy atom. The minimum atomic E-state index is -4.90. The second kappa shape index (κ2) is 4.55. The number of rotatable bonds is 3. The van der Waals surface area contributed by atoms with Gasteiger partial charge >= 0.3 is 13.4 Å². The van der Waals surface area contributed by atoms with E-state index in [9.17, 15) is 14.5 Å². The Balaban J connectivity index is 2.76. The molecule has 0 aliphatic carbocycles. The molecule has 1 aromatic heterocycles. The van der Waals surface area contributed by atoms with Gasteiger partial charge in [0.05, 0.1) is 6.61 Å². The summed E-state index contributed by atoms with van der Waals surface area (Å²) in [5.41, 5.74) is -0.879. The number of phosphoric acid groups is 1. The summed E-state index contributed by atoms with van der Waals surface area (Å²) in [7, 11) is -4.90. The average Bonchev–Trinajstić information content (AvgIpc) is 2.28. The summed E-state index contributed by atoms with van der Waals surface area (Å²) in [5, 5.41) is 9.57. The molecule has 0 saturated carbocycles. The molecule has 0 saturated heterocycles. The molecule has 0 spiro atoms. The summed E-state index contributed by atoms with van der Waals surface area (Å²) >= 11 is 0. The minimum absolute atomic E-state index is 0.0230. The molecule has 0 fully saturated rings. The smallest absolute Gasteiger partial charge is 0.420 e. The van der Waals surface area contributed by atoms with E-state index in [2.05, 4.69) is 4.52 Å². The molecular formula is C10H9O7P. The van der Waals surface area contributed by atoms with Crippen molar-refractivity contribution in [3.05, 3.63) is 40.2 Å². The van der Waals surface area contributed by atoms with Gasteiger partial charge in [0, 0.05) is 10.9 Å². The Bertz CT molecular complexity index is 684. The van der Waals surface area contributed by atoms with Gasteiger partial charge in [-0.2, -0.15) is 0 Å². The number of phosphoric ester groups is 1. The topological polar surface area (TPSA) is 117 Å². The highest BCUT2D eigenvalue weighted by Gasteiger charge is 2.23. The summed E-state index contributed by atoms with van der Waals surface area (Å²) in [6.45, 7) is -0.610. The van der Waals surface area contributed by atoms with Crippen LogP contribution >= 0.6 is 7.82 Å². The van der Waals surface area contributed by atoms with Gasteiger partial charge in [0.1, 0.15) is 5.58 Å². The molecule has 1 heterocycles. The Kier molecular flexibility index (Phi) is 3.23. The van der Waals surface area contributed by atoms with Crippen molar-refractivity contribution < 1.29 is 28.4 Å². The highest BCUT2D eigenvalue weighted by Crippen LogP contribution is 2.39. The van der Waals surface area contributed by atoms with Crippen molar-refractivity contribution >= 4 is 18.8 Å². The first-order chi connectivity index (χ1) is 8.42. The quantitative estimate of drug-likeness (QED) is 0.557. The van der Waals surface area contributed by atoms with E-state index < -0.39 is 25.8 Å². The van der Waals surface area contributed by atoms with E-state index in [1.54, 1.807) is 12.1 Å². The van der Waals surface area contributed by atoms with Crippen molar-refractivity contribution in [1.29, 1.82) is 0 Å². The predicted octanol–water partition coefficient (Wildman–Crippen LogP) is 0.757. The number of benzene rings is 1. The zero-order chi connectivity index (χ0) is 13.3. The van der Waals surface area contributed by atoms with Crippen LogP contribution in [0.15, 0.2) is 33.5 Å². The lowest BCUT2D eigenvalue weighted by Crippen LogP contribution is -2.09. The van der Waals surface area contributed by atoms with Gasteiger partial charge in [0.2, 0.25) is 5.75 Å². The van der Waals surface area contributed by atoms with Crippen LogP contribution in [0.25, 0.3) is 11.0 Å². The number of fused-ring (bicyclic) bond motifs is 1. The number of hydrogen-bond acceptors (Lipinski definition) is 5. The van der Waals surface area contributed by atoms with Crippen LogP contribution in [-0.2, 0) is 11.2 Å². The van der Waals surface area contributed by atoms with Crippen LogP contribution in [0, 0.1) is 0 Å². The molecule has 1 aromatic carbocycles. The SMILES string of the molecule is O=c1oc2ccccc2c(CO)c1OP(=O)(O)O. The standard InChI is InChI=1S/C10H9O7P/c11-5-7-6-3-1-2-4-8(6)16-10(12)9(7)17-18(13,14)15/h1-4,11H,5H2,(H2,13,14,15). The Morgan fingerprint density at radius 3 is 2.56 bits per heavy atom. The van der Waals surface area contributed by atoms with Crippen molar-refractivity contribution in [3.8, 4) is 5.75 Å². The zero-order valence-electron chi connectivity index (χ0n) is 8.94. The van der Waals surface area contributed by atoms with Crippen LogP contribution in [0.1, 0.15) is 5.56 Å². The fourth-order valence-corrected chi connectivity index (χ4v) is 1.99. The van der Waals surface area contributed by atoms with E-state index in [4.69, 9.17) is 14.2 Å². The third-order valence-corrected chi connectivity index (χ3v) is 2.66. The molecule has 2 aromatic rings. The van der Waals surface area contributed by atoms with Crippen molar-refractivity contribution in [1.82, 2.24) is 0 Å². The Labute approximate surface area is 100 Å². The van der Waals surface area contributed by atoms with Crippen LogP contribution in [0.4, 0.5) is 0 Å². The molecule has 0 aliphatic rings. The van der Waals surface area contributed by atoms with Crippen molar-refractivity contribution in [2.45, 2.75) is 6.61 Å². The second-order valence-electron chi connectivity index (χ2n) is 3.43. The van der Waals surface area contributed by atoms with Gasteiger partial charge in [-0.3, -0.25) is 9.79 Å². The number of para-hydroxylation sites is 1. The molecule has 8 heteroatoms. The maximum atomic E-state index is 11.5.